The lowest BCUT2D eigenvalue weighted by molar-refractivity contribution is 0.102. The minimum absolute atomic E-state index is 0.0568. The molecule has 3 aromatic rings. The van der Waals surface area contributed by atoms with E-state index in [-0.39, 0.29) is 34.9 Å². The Morgan fingerprint density at radius 3 is 2.41 bits per heavy atom. The molecule has 1 heterocycles. The van der Waals surface area contributed by atoms with E-state index in [0.717, 1.165) is 4.90 Å². The van der Waals surface area contributed by atoms with Crippen LogP contribution in [0.5, 0.6) is 0 Å². The van der Waals surface area contributed by atoms with Crippen molar-refractivity contribution in [3.05, 3.63) is 66.1 Å². The molecule has 3 rings (SSSR count). The van der Waals surface area contributed by atoms with Gasteiger partial charge in [-0.05, 0) is 36.4 Å². The van der Waals surface area contributed by atoms with E-state index >= 15 is 0 Å². The van der Waals surface area contributed by atoms with E-state index in [4.69, 9.17) is 4.42 Å². The first-order valence-electron chi connectivity index (χ1n) is 9.02. The van der Waals surface area contributed by atoms with Gasteiger partial charge in [0.05, 0.1) is 10.6 Å². The van der Waals surface area contributed by atoms with Crippen LogP contribution < -0.4 is 5.32 Å². The molecule has 0 spiro atoms. The molecule has 29 heavy (non-hydrogen) atoms. The third kappa shape index (κ3) is 5.91. The number of aryl methyl sites for hydroxylation is 1. The van der Waals surface area contributed by atoms with Crippen molar-refractivity contribution in [1.29, 1.82) is 0 Å². The maximum absolute atomic E-state index is 12.3. The Balaban J connectivity index is 1.58. The number of carbonyl (C=O) groups is 1. The van der Waals surface area contributed by atoms with Crippen LogP contribution in [0.4, 0.5) is 6.01 Å². The van der Waals surface area contributed by atoms with Gasteiger partial charge in [0.1, 0.15) is 0 Å². The minimum Gasteiger partial charge on any atom is -0.408 e. The first-order valence-corrected chi connectivity index (χ1v) is 11.5. The third-order valence-corrected chi connectivity index (χ3v) is 6.61. The third-order valence-electron chi connectivity index (χ3n) is 3.86. The Hall–Kier alpha value is -2.65. The molecule has 152 valence electrons. The highest BCUT2D eigenvalue weighted by molar-refractivity contribution is 7.99. The van der Waals surface area contributed by atoms with Crippen molar-refractivity contribution < 1.29 is 17.6 Å². The standard InChI is InChI=1S/C20H21N3O4S2/c1-14(2)28-16-10-8-15(9-11-16)19(24)21-20-23-22-18(27-20)12-13-29(25,26)17-6-4-3-5-7-17/h3-11,14H,12-13H2,1-2H3,(H,21,23,24). The quantitative estimate of drug-likeness (QED) is 0.541. The maximum atomic E-state index is 12.3. The van der Waals surface area contributed by atoms with E-state index < -0.39 is 9.84 Å². The highest BCUT2D eigenvalue weighted by Gasteiger charge is 2.17. The number of benzene rings is 2. The molecule has 0 fully saturated rings. The SMILES string of the molecule is CC(C)Sc1ccc(C(=O)Nc2nnc(CCS(=O)(=O)c3ccccc3)o2)cc1. The molecular formula is C20H21N3O4S2. The van der Waals surface area contributed by atoms with Gasteiger partial charge in [-0.25, -0.2) is 8.42 Å². The fourth-order valence-electron chi connectivity index (χ4n) is 2.50. The molecule has 0 aliphatic rings. The van der Waals surface area contributed by atoms with Gasteiger partial charge in [-0.2, -0.15) is 0 Å². The van der Waals surface area contributed by atoms with Crippen LogP contribution in [0.25, 0.3) is 0 Å². The molecule has 0 aliphatic carbocycles. The molecule has 0 radical (unpaired) electrons. The van der Waals surface area contributed by atoms with Crippen molar-refractivity contribution in [2.75, 3.05) is 11.1 Å². The monoisotopic (exact) mass is 431 g/mol. The summed E-state index contributed by atoms with van der Waals surface area (Å²) in [6, 6.07) is 15.3. The summed E-state index contributed by atoms with van der Waals surface area (Å²) < 4.78 is 30.0. The smallest absolute Gasteiger partial charge is 0.322 e. The van der Waals surface area contributed by atoms with Crippen LogP contribution in [-0.2, 0) is 16.3 Å². The Morgan fingerprint density at radius 1 is 1.07 bits per heavy atom. The number of aromatic nitrogens is 2. The predicted octanol–water partition coefficient (Wildman–Crippen LogP) is 3.84. The van der Waals surface area contributed by atoms with Gasteiger partial charge in [-0.1, -0.05) is 37.1 Å². The van der Waals surface area contributed by atoms with Gasteiger partial charge in [0.25, 0.3) is 5.91 Å². The van der Waals surface area contributed by atoms with Gasteiger partial charge < -0.3 is 4.42 Å². The summed E-state index contributed by atoms with van der Waals surface area (Å²) >= 11 is 1.71. The van der Waals surface area contributed by atoms with Crippen molar-refractivity contribution in [2.45, 2.75) is 35.3 Å². The van der Waals surface area contributed by atoms with Crippen molar-refractivity contribution in [2.24, 2.45) is 0 Å². The second-order valence-corrected chi connectivity index (χ2v) is 10.3. The number of nitrogens with one attached hydrogen (secondary N) is 1. The van der Waals surface area contributed by atoms with Gasteiger partial charge >= 0.3 is 6.01 Å². The number of nitrogens with zero attached hydrogens (tertiary/aromatic N) is 2. The Labute approximate surface area is 173 Å². The lowest BCUT2D eigenvalue weighted by atomic mass is 10.2. The van der Waals surface area contributed by atoms with Crippen LogP contribution in [-0.4, -0.2) is 35.5 Å². The molecule has 0 saturated heterocycles. The number of rotatable bonds is 8. The maximum Gasteiger partial charge on any atom is 0.322 e. The number of hydrogen-bond acceptors (Lipinski definition) is 7. The summed E-state index contributed by atoms with van der Waals surface area (Å²) in [4.78, 5) is 13.6. The van der Waals surface area contributed by atoms with Crippen LogP contribution in [0.1, 0.15) is 30.1 Å². The fourth-order valence-corrected chi connectivity index (χ4v) is 4.59. The average Bonchev–Trinajstić information content (AvgIpc) is 3.15. The van der Waals surface area contributed by atoms with Crippen molar-refractivity contribution >= 4 is 33.5 Å². The number of hydrogen-bond donors (Lipinski definition) is 1. The molecule has 0 atom stereocenters. The van der Waals surface area contributed by atoms with Crippen LogP contribution in [0.2, 0.25) is 0 Å². The summed E-state index contributed by atoms with van der Waals surface area (Å²) in [5, 5.41) is 10.6. The number of anilines is 1. The van der Waals surface area contributed by atoms with Crippen LogP contribution >= 0.6 is 11.8 Å². The molecule has 1 aromatic heterocycles. The summed E-state index contributed by atoms with van der Waals surface area (Å²) in [5.74, 6) is -0.400. The molecule has 1 N–H and O–H groups in total. The number of sulfone groups is 1. The summed E-state index contributed by atoms with van der Waals surface area (Å²) in [7, 11) is -3.45. The summed E-state index contributed by atoms with van der Waals surface area (Å²) in [6.45, 7) is 4.20. The van der Waals surface area contributed by atoms with Crippen LogP contribution in [0.3, 0.4) is 0 Å². The normalized spacial score (nSPS) is 11.6. The zero-order valence-corrected chi connectivity index (χ0v) is 17.7. The topological polar surface area (TPSA) is 102 Å². The predicted molar refractivity (Wildman–Crippen MR) is 112 cm³/mol. The zero-order chi connectivity index (χ0) is 20.9. The molecule has 2 aromatic carbocycles. The van der Waals surface area contributed by atoms with Crippen LogP contribution in [0, 0.1) is 0 Å². The second kappa shape index (κ2) is 9.23. The van der Waals surface area contributed by atoms with Crippen LogP contribution in [0.15, 0.2) is 68.8 Å². The van der Waals surface area contributed by atoms with E-state index in [1.165, 1.54) is 0 Å². The van der Waals surface area contributed by atoms with Gasteiger partial charge in [0.15, 0.2) is 9.84 Å². The lowest BCUT2D eigenvalue weighted by Gasteiger charge is -2.05. The largest absolute Gasteiger partial charge is 0.408 e. The fraction of sp³-hybridized carbons (Fsp3) is 0.250. The molecule has 0 bridgehead atoms. The van der Waals surface area contributed by atoms with Crippen molar-refractivity contribution in [3.63, 3.8) is 0 Å². The van der Waals surface area contributed by atoms with E-state index in [2.05, 4.69) is 29.4 Å². The van der Waals surface area contributed by atoms with E-state index in [0.29, 0.717) is 10.8 Å². The van der Waals surface area contributed by atoms with E-state index in [1.807, 2.05) is 12.1 Å². The molecular weight excluding hydrogens is 410 g/mol. The number of thioether (sulfide) groups is 1. The summed E-state index contributed by atoms with van der Waals surface area (Å²) in [6.07, 6.45) is 0.0568. The molecule has 0 aliphatic heterocycles. The minimum atomic E-state index is -3.45. The van der Waals surface area contributed by atoms with Gasteiger partial charge in [-0.15, -0.1) is 16.9 Å². The van der Waals surface area contributed by atoms with Gasteiger partial charge in [-0.3, -0.25) is 10.1 Å². The molecule has 9 heteroatoms. The van der Waals surface area contributed by atoms with Gasteiger partial charge in [0.2, 0.25) is 5.89 Å². The Bertz CT molecular complexity index is 1060. The second-order valence-electron chi connectivity index (χ2n) is 6.53. The number of amides is 1. The Morgan fingerprint density at radius 2 is 1.76 bits per heavy atom. The number of carbonyl (C=O) groups excluding carboxylic acids is 1. The first kappa shape index (κ1) is 21.1. The van der Waals surface area contributed by atoms with Gasteiger partial charge in [0, 0.05) is 22.1 Å². The molecule has 1 amide bonds. The highest BCUT2D eigenvalue weighted by Crippen LogP contribution is 2.23. The highest BCUT2D eigenvalue weighted by atomic mass is 32.2. The molecule has 0 unspecified atom stereocenters. The lowest BCUT2D eigenvalue weighted by Crippen LogP contribution is -2.12. The average molecular weight is 432 g/mol. The van der Waals surface area contributed by atoms with Crippen molar-refractivity contribution in [3.8, 4) is 0 Å². The van der Waals surface area contributed by atoms with E-state index in [9.17, 15) is 13.2 Å². The molecule has 7 nitrogen and oxygen atoms in total. The zero-order valence-electron chi connectivity index (χ0n) is 16.0. The van der Waals surface area contributed by atoms with E-state index in [1.54, 1.807) is 54.2 Å². The first-order chi connectivity index (χ1) is 13.8. The Kier molecular flexibility index (Phi) is 6.71. The van der Waals surface area contributed by atoms with Crippen molar-refractivity contribution in [1.82, 2.24) is 10.2 Å². The molecule has 0 saturated carbocycles. The summed E-state index contributed by atoms with van der Waals surface area (Å²) in [5.41, 5.74) is 0.463.